The number of ether oxygens (including phenoxy) is 3. The number of esters is 3. The van der Waals surface area contributed by atoms with E-state index in [-0.39, 0.29) is 31.1 Å². The van der Waals surface area contributed by atoms with Crippen LogP contribution in [-0.4, -0.2) is 37.2 Å². The Bertz CT molecular complexity index is 904. The molecule has 0 aromatic rings. The molecule has 2 unspecified atom stereocenters. The summed E-state index contributed by atoms with van der Waals surface area (Å²) in [6.45, 7) is 11.4. The normalized spacial score (nSPS) is 13.0. The lowest BCUT2D eigenvalue weighted by Gasteiger charge is -2.18. The van der Waals surface area contributed by atoms with Crippen LogP contribution >= 0.6 is 0 Å². The van der Waals surface area contributed by atoms with Crippen LogP contribution in [0.3, 0.4) is 0 Å². The van der Waals surface area contributed by atoms with Gasteiger partial charge in [-0.2, -0.15) is 0 Å². The van der Waals surface area contributed by atoms with E-state index in [1.54, 1.807) is 0 Å². The molecule has 0 spiro atoms. The lowest BCUT2D eigenvalue weighted by atomic mass is 9.99. The van der Waals surface area contributed by atoms with Crippen LogP contribution in [0.25, 0.3) is 0 Å². The summed E-state index contributed by atoms with van der Waals surface area (Å²) in [5, 5.41) is 0. The molecule has 3 atom stereocenters. The highest BCUT2D eigenvalue weighted by Gasteiger charge is 2.19. The van der Waals surface area contributed by atoms with E-state index in [2.05, 4.69) is 34.6 Å². The van der Waals surface area contributed by atoms with Crippen molar-refractivity contribution in [1.82, 2.24) is 0 Å². The third kappa shape index (κ3) is 44.3. The van der Waals surface area contributed by atoms with E-state index >= 15 is 0 Å². The molecule has 0 aliphatic carbocycles. The molecule has 0 fully saturated rings. The first-order valence-electron chi connectivity index (χ1n) is 26.3. The van der Waals surface area contributed by atoms with E-state index in [1.165, 1.54) is 180 Å². The Hall–Kier alpha value is -1.59. The largest absolute Gasteiger partial charge is 0.462 e. The van der Waals surface area contributed by atoms with E-state index in [0.717, 1.165) is 69.6 Å². The van der Waals surface area contributed by atoms with Gasteiger partial charge in [-0.15, -0.1) is 0 Å². The van der Waals surface area contributed by atoms with Crippen LogP contribution in [0.15, 0.2) is 0 Å². The molecule has 0 aliphatic heterocycles. The van der Waals surface area contributed by atoms with Crippen molar-refractivity contribution in [3.05, 3.63) is 0 Å². The van der Waals surface area contributed by atoms with Gasteiger partial charge in [0.2, 0.25) is 0 Å². The number of carbonyl (C=O) groups is 3. The molecule has 6 nitrogen and oxygen atoms in total. The Morgan fingerprint density at radius 2 is 0.593 bits per heavy atom. The first-order chi connectivity index (χ1) is 28.8. The maximum absolute atomic E-state index is 12.8. The molecule has 0 radical (unpaired) electrons. The van der Waals surface area contributed by atoms with Gasteiger partial charge in [-0.05, 0) is 31.1 Å². The third-order valence-electron chi connectivity index (χ3n) is 12.7. The highest BCUT2D eigenvalue weighted by molar-refractivity contribution is 5.71. The van der Waals surface area contributed by atoms with Crippen LogP contribution in [0.4, 0.5) is 0 Å². The van der Waals surface area contributed by atoms with Crippen molar-refractivity contribution in [1.29, 1.82) is 0 Å². The van der Waals surface area contributed by atoms with Crippen molar-refractivity contribution < 1.29 is 28.6 Å². The quantitative estimate of drug-likeness (QED) is 0.0345. The SMILES string of the molecule is CCCCCCCCCCCCCCCCCC(=O)O[C@@H](COC(=O)CCCCCCCCCCCCC(C)CC)COC(=O)CCCCCCCCCCC(C)CC. The molecular formula is C53H102O6. The summed E-state index contributed by atoms with van der Waals surface area (Å²) in [4.78, 5) is 38.0. The molecule has 0 heterocycles. The maximum Gasteiger partial charge on any atom is 0.306 e. The second-order valence-corrected chi connectivity index (χ2v) is 18.6. The minimum atomic E-state index is -0.762. The molecule has 0 aromatic carbocycles. The van der Waals surface area contributed by atoms with E-state index in [0.29, 0.717) is 19.3 Å². The standard InChI is InChI=1S/C53H102O6/c1-6-9-10-11-12-13-14-15-16-17-18-23-30-35-40-45-53(56)59-50(47-58-52(55)44-39-34-29-25-24-27-32-37-42-49(5)8-3)46-57-51(54)43-38-33-28-22-20-19-21-26-31-36-41-48(4)7-2/h48-50H,6-47H2,1-5H3/t48?,49?,50-/m0/s1. The molecule has 0 saturated carbocycles. The Balaban J connectivity index is 4.33. The Kier molecular flexibility index (Phi) is 44.7. The summed E-state index contributed by atoms with van der Waals surface area (Å²) in [6, 6.07) is 0. The zero-order valence-corrected chi connectivity index (χ0v) is 40.4. The summed E-state index contributed by atoms with van der Waals surface area (Å²) >= 11 is 0. The predicted octanol–water partition coefficient (Wildman–Crippen LogP) is 16.9. The number of hydrogen-bond acceptors (Lipinski definition) is 6. The summed E-state index contributed by atoms with van der Waals surface area (Å²) in [5.41, 5.74) is 0. The predicted molar refractivity (Wildman–Crippen MR) is 252 cm³/mol. The van der Waals surface area contributed by atoms with Gasteiger partial charge in [-0.1, -0.05) is 253 Å². The Morgan fingerprint density at radius 1 is 0.339 bits per heavy atom. The van der Waals surface area contributed by atoms with Crippen molar-refractivity contribution in [2.45, 2.75) is 298 Å². The average Bonchev–Trinajstić information content (AvgIpc) is 3.23. The van der Waals surface area contributed by atoms with Gasteiger partial charge in [-0.3, -0.25) is 14.4 Å². The molecule has 0 aromatic heterocycles. The van der Waals surface area contributed by atoms with Gasteiger partial charge >= 0.3 is 17.9 Å². The van der Waals surface area contributed by atoms with Crippen molar-refractivity contribution >= 4 is 17.9 Å². The fourth-order valence-electron chi connectivity index (χ4n) is 7.93. The van der Waals surface area contributed by atoms with Crippen LogP contribution in [-0.2, 0) is 28.6 Å². The van der Waals surface area contributed by atoms with Crippen molar-refractivity contribution in [3.8, 4) is 0 Å². The van der Waals surface area contributed by atoms with Crippen molar-refractivity contribution in [2.75, 3.05) is 13.2 Å². The number of unbranched alkanes of at least 4 members (excludes halogenated alkanes) is 30. The van der Waals surface area contributed by atoms with Crippen LogP contribution in [0.1, 0.15) is 291 Å². The summed E-state index contributed by atoms with van der Waals surface area (Å²) in [5.74, 6) is 0.869. The molecule has 6 heteroatoms. The fraction of sp³-hybridized carbons (Fsp3) is 0.943. The topological polar surface area (TPSA) is 78.9 Å². The first-order valence-corrected chi connectivity index (χ1v) is 26.3. The smallest absolute Gasteiger partial charge is 0.306 e. The highest BCUT2D eigenvalue weighted by atomic mass is 16.6. The number of rotatable bonds is 47. The second-order valence-electron chi connectivity index (χ2n) is 18.6. The van der Waals surface area contributed by atoms with Crippen LogP contribution in [0.2, 0.25) is 0 Å². The van der Waals surface area contributed by atoms with Gasteiger partial charge in [0.1, 0.15) is 13.2 Å². The van der Waals surface area contributed by atoms with Gasteiger partial charge in [0.15, 0.2) is 6.10 Å². The monoisotopic (exact) mass is 835 g/mol. The zero-order chi connectivity index (χ0) is 43.3. The zero-order valence-electron chi connectivity index (χ0n) is 40.4. The summed E-state index contributed by atoms with van der Waals surface area (Å²) in [6.07, 6.45) is 46.4. The fourth-order valence-corrected chi connectivity index (χ4v) is 7.93. The molecular weight excluding hydrogens is 733 g/mol. The lowest BCUT2D eigenvalue weighted by molar-refractivity contribution is -0.167. The van der Waals surface area contributed by atoms with Gasteiger partial charge in [0, 0.05) is 19.3 Å². The van der Waals surface area contributed by atoms with Gasteiger partial charge in [-0.25, -0.2) is 0 Å². The molecule has 350 valence electrons. The minimum absolute atomic E-state index is 0.0641. The van der Waals surface area contributed by atoms with E-state index in [1.807, 2.05) is 0 Å². The van der Waals surface area contributed by atoms with Gasteiger partial charge < -0.3 is 14.2 Å². The highest BCUT2D eigenvalue weighted by Crippen LogP contribution is 2.18. The van der Waals surface area contributed by atoms with Gasteiger partial charge in [0.25, 0.3) is 0 Å². The molecule has 0 amide bonds. The molecule has 0 N–H and O–H groups in total. The Morgan fingerprint density at radius 3 is 0.881 bits per heavy atom. The number of hydrogen-bond donors (Lipinski definition) is 0. The Labute approximate surface area is 368 Å². The minimum Gasteiger partial charge on any atom is -0.462 e. The second kappa shape index (κ2) is 45.9. The maximum atomic E-state index is 12.8. The van der Waals surface area contributed by atoms with Crippen molar-refractivity contribution in [3.63, 3.8) is 0 Å². The van der Waals surface area contributed by atoms with Crippen LogP contribution < -0.4 is 0 Å². The van der Waals surface area contributed by atoms with Crippen LogP contribution in [0, 0.1) is 11.8 Å². The number of carbonyl (C=O) groups excluding carboxylic acids is 3. The molecule has 0 bridgehead atoms. The van der Waals surface area contributed by atoms with E-state index in [9.17, 15) is 14.4 Å². The first kappa shape index (κ1) is 57.4. The summed E-state index contributed by atoms with van der Waals surface area (Å²) in [7, 11) is 0. The van der Waals surface area contributed by atoms with Crippen LogP contribution in [0.5, 0.6) is 0 Å². The average molecular weight is 835 g/mol. The summed E-state index contributed by atoms with van der Waals surface area (Å²) < 4.78 is 16.8. The van der Waals surface area contributed by atoms with Crippen molar-refractivity contribution in [2.24, 2.45) is 11.8 Å². The van der Waals surface area contributed by atoms with E-state index in [4.69, 9.17) is 14.2 Å². The lowest BCUT2D eigenvalue weighted by Crippen LogP contribution is -2.30. The van der Waals surface area contributed by atoms with Gasteiger partial charge in [0.05, 0.1) is 0 Å². The molecule has 59 heavy (non-hydrogen) atoms. The molecule has 0 aliphatic rings. The third-order valence-corrected chi connectivity index (χ3v) is 12.7. The molecule has 0 rings (SSSR count). The van der Waals surface area contributed by atoms with E-state index < -0.39 is 6.10 Å². The molecule has 0 saturated heterocycles.